The number of hydrogen-bond acceptors (Lipinski definition) is 3. The van der Waals surface area contributed by atoms with Gasteiger partial charge in [-0.1, -0.05) is 20.8 Å². The average Bonchev–Trinajstić information content (AvgIpc) is 2.13. The zero-order valence-electron chi connectivity index (χ0n) is 11.5. The van der Waals surface area contributed by atoms with E-state index >= 15 is 0 Å². The Morgan fingerprint density at radius 3 is 2.41 bits per heavy atom. The van der Waals surface area contributed by atoms with Crippen molar-refractivity contribution in [2.24, 2.45) is 10.4 Å². The molecule has 0 atom stereocenters. The van der Waals surface area contributed by atoms with Gasteiger partial charge in [-0.05, 0) is 18.3 Å². The monoisotopic (exact) mass is 244 g/mol. The van der Waals surface area contributed by atoms with Crippen LogP contribution in [0.25, 0.3) is 0 Å². The molecule has 0 saturated heterocycles. The third-order valence-corrected chi connectivity index (χ3v) is 2.14. The lowest BCUT2D eigenvalue weighted by atomic mass is 9.91. The standard InChI is InChI=1S/C11H24N4O2/c1-11(2,3)7-6-8-12-10(14(4)5)13-9-15(16)17/h6-9H2,1-5H3,(H,12,13). The van der Waals surface area contributed by atoms with E-state index in [0.29, 0.717) is 17.9 Å². The van der Waals surface area contributed by atoms with E-state index in [1.165, 1.54) is 0 Å². The van der Waals surface area contributed by atoms with E-state index in [0.717, 1.165) is 12.8 Å². The molecule has 0 aliphatic carbocycles. The van der Waals surface area contributed by atoms with Crippen LogP contribution in [0.1, 0.15) is 33.6 Å². The fourth-order valence-electron chi connectivity index (χ4n) is 1.29. The minimum Gasteiger partial charge on any atom is -0.349 e. The van der Waals surface area contributed by atoms with E-state index in [4.69, 9.17) is 0 Å². The molecule has 0 saturated carbocycles. The zero-order valence-corrected chi connectivity index (χ0v) is 11.5. The van der Waals surface area contributed by atoms with Crippen molar-refractivity contribution < 1.29 is 4.92 Å². The molecule has 0 fully saturated rings. The lowest BCUT2D eigenvalue weighted by molar-refractivity contribution is -0.483. The van der Waals surface area contributed by atoms with Gasteiger partial charge >= 0.3 is 0 Å². The molecule has 0 aromatic heterocycles. The zero-order chi connectivity index (χ0) is 13.5. The van der Waals surface area contributed by atoms with Gasteiger partial charge in [0.1, 0.15) is 0 Å². The predicted octanol–water partition coefficient (Wildman–Crippen LogP) is 1.55. The van der Waals surface area contributed by atoms with E-state index in [1.54, 1.807) is 4.90 Å². The van der Waals surface area contributed by atoms with E-state index in [-0.39, 0.29) is 6.67 Å². The van der Waals surface area contributed by atoms with E-state index in [1.807, 2.05) is 14.1 Å². The summed E-state index contributed by atoms with van der Waals surface area (Å²) in [6.45, 7) is 6.96. The number of rotatable bonds is 5. The summed E-state index contributed by atoms with van der Waals surface area (Å²) in [6, 6.07) is 0. The van der Waals surface area contributed by atoms with E-state index < -0.39 is 4.92 Å². The Labute approximate surface area is 103 Å². The third kappa shape index (κ3) is 9.59. The van der Waals surface area contributed by atoms with Crippen LogP contribution in [0.4, 0.5) is 0 Å². The van der Waals surface area contributed by atoms with Crippen LogP contribution in [-0.4, -0.2) is 43.1 Å². The molecule has 0 amide bonds. The summed E-state index contributed by atoms with van der Waals surface area (Å²) in [4.78, 5) is 15.9. The lowest BCUT2D eigenvalue weighted by Crippen LogP contribution is -2.39. The Kier molecular flexibility index (Phi) is 6.53. The molecule has 0 heterocycles. The molecule has 100 valence electrons. The average molecular weight is 244 g/mol. The summed E-state index contributed by atoms with van der Waals surface area (Å²) in [5, 5.41) is 13.0. The first-order chi connectivity index (χ1) is 7.72. The van der Waals surface area contributed by atoms with Crippen LogP contribution in [0.3, 0.4) is 0 Å². The SMILES string of the molecule is CN(C)C(=NCCCC(C)(C)C)NC[N+](=O)[O-]. The minimum atomic E-state index is -0.409. The third-order valence-electron chi connectivity index (χ3n) is 2.14. The van der Waals surface area contributed by atoms with Gasteiger partial charge in [0, 0.05) is 25.6 Å². The highest BCUT2D eigenvalue weighted by atomic mass is 16.6. The molecule has 0 rings (SSSR count). The number of aliphatic imine (C=N–C) groups is 1. The summed E-state index contributed by atoms with van der Waals surface area (Å²) in [5.41, 5.74) is 0.308. The van der Waals surface area contributed by atoms with Gasteiger partial charge in [0.05, 0.1) is 0 Å². The van der Waals surface area contributed by atoms with Crippen LogP contribution in [0.15, 0.2) is 4.99 Å². The summed E-state index contributed by atoms with van der Waals surface area (Å²) in [7, 11) is 3.63. The van der Waals surface area contributed by atoms with Crippen molar-refractivity contribution in [1.82, 2.24) is 10.2 Å². The maximum absolute atomic E-state index is 10.3. The summed E-state index contributed by atoms with van der Waals surface area (Å²) >= 11 is 0. The minimum absolute atomic E-state index is 0.295. The second-order valence-corrected chi connectivity index (χ2v) is 5.43. The fourth-order valence-corrected chi connectivity index (χ4v) is 1.29. The highest BCUT2D eigenvalue weighted by molar-refractivity contribution is 5.79. The highest BCUT2D eigenvalue weighted by Gasteiger charge is 2.09. The molecular weight excluding hydrogens is 220 g/mol. The lowest BCUT2D eigenvalue weighted by Gasteiger charge is -2.18. The summed E-state index contributed by atoms with van der Waals surface area (Å²) in [5.74, 6) is 0.565. The van der Waals surface area contributed by atoms with Gasteiger partial charge in [0.25, 0.3) is 6.67 Å². The molecule has 0 radical (unpaired) electrons. The molecule has 0 unspecified atom stereocenters. The molecule has 6 nitrogen and oxygen atoms in total. The molecule has 6 heteroatoms. The van der Waals surface area contributed by atoms with Crippen LogP contribution in [0.5, 0.6) is 0 Å². The maximum atomic E-state index is 10.3. The molecule has 0 bridgehead atoms. The maximum Gasteiger partial charge on any atom is 0.277 e. The van der Waals surface area contributed by atoms with Crippen molar-refractivity contribution in [2.45, 2.75) is 33.6 Å². The predicted molar refractivity (Wildman–Crippen MR) is 69.7 cm³/mol. The van der Waals surface area contributed by atoms with Gasteiger partial charge in [0.2, 0.25) is 0 Å². The van der Waals surface area contributed by atoms with Gasteiger partial charge < -0.3 is 4.90 Å². The number of hydrogen-bond donors (Lipinski definition) is 1. The molecule has 0 aliphatic heterocycles. The molecule has 0 aromatic carbocycles. The molecular formula is C11H24N4O2. The molecule has 0 aliphatic rings. The Balaban J connectivity index is 4.08. The Morgan fingerprint density at radius 1 is 1.41 bits per heavy atom. The Morgan fingerprint density at radius 2 is 2.00 bits per heavy atom. The number of nitrogens with zero attached hydrogens (tertiary/aromatic N) is 3. The second kappa shape index (κ2) is 7.09. The summed E-state index contributed by atoms with van der Waals surface area (Å²) < 4.78 is 0. The number of nitrogens with one attached hydrogen (secondary N) is 1. The van der Waals surface area contributed by atoms with Crippen LogP contribution >= 0.6 is 0 Å². The molecule has 0 spiro atoms. The first-order valence-electron chi connectivity index (χ1n) is 5.80. The molecule has 1 N–H and O–H groups in total. The number of guanidine groups is 1. The van der Waals surface area contributed by atoms with Crippen LogP contribution < -0.4 is 5.32 Å². The Bertz CT molecular complexity index is 269. The first kappa shape index (κ1) is 15.7. The van der Waals surface area contributed by atoms with Crippen LogP contribution in [0.2, 0.25) is 0 Å². The van der Waals surface area contributed by atoms with Gasteiger partial charge in [-0.2, -0.15) is 0 Å². The fraction of sp³-hybridized carbons (Fsp3) is 0.909. The van der Waals surface area contributed by atoms with Gasteiger partial charge in [-0.3, -0.25) is 20.4 Å². The van der Waals surface area contributed by atoms with E-state index in [9.17, 15) is 10.1 Å². The van der Waals surface area contributed by atoms with Crippen LogP contribution in [0, 0.1) is 15.5 Å². The number of nitro groups is 1. The van der Waals surface area contributed by atoms with Gasteiger partial charge in [-0.25, -0.2) is 0 Å². The first-order valence-corrected chi connectivity index (χ1v) is 5.80. The van der Waals surface area contributed by atoms with Crippen molar-refractivity contribution >= 4 is 5.96 Å². The topological polar surface area (TPSA) is 70.8 Å². The molecule has 17 heavy (non-hydrogen) atoms. The second-order valence-electron chi connectivity index (χ2n) is 5.43. The molecule has 0 aromatic rings. The van der Waals surface area contributed by atoms with Crippen molar-refractivity contribution in [3.05, 3.63) is 10.1 Å². The quantitative estimate of drug-likeness (QED) is 0.199. The largest absolute Gasteiger partial charge is 0.349 e. The Hall–Kier alpha value is -1.33. The van der Waals surface area contributed by atoms with Crippen molar-refractivity contribution in [2.75, 3.05) is 27.3 Å². The van der Waals surface area contributed by atoms with Crippen molar-refractivity contribution in [3.8, 4) is 0 Å². The van der Waals surface area contributed by atoms with Gasteiger partial charge in [0.15, 0.2) is 5.96 Å². The summed E-state index contributed by atoms with van der Waals surface area (Å²) in [6.07, 6.45) is 2.08. The normalized spacial score (nSPS) is 12.4. The highest BCUT2D eigenvalue weighted by Crippen LogP contribution is 2.20. The van der Waals surface area contributed by atoms with Crippen molar-refractivity contribution in [3.63, 3.8) is 0 Å². The van der Waals surface area contributed by atoms with Crippen LogP contribution in [-0.2, 0) is 0 Å². The van der Waals surface area contributed by atoms with Crippen molar-refractivity contribution in [1.29, 1.82) is 0 Å². The van der Waals surface area contributed by atoms with Gasteiger partial charge in [-0.15, -0.1) is 0 Å². The smallest absolute Gasteiger partial charge is 0.277 e. The van der Waals surface area contributed by atoms with E-state index in [2.05, 4.69) is 31.1 Å².